The van der Waals surface area contributed by atoms with Crippen molar-refractivity contribution >= 4 is 51.0 Å². The van der Waals surface area contributed by atoms with Gasteiger partial charge in [0.2, 0.25) is 5.91 Å². The van der Waals surface area contributed by atoms with Gasteiger partial charge in [-0.25, -0.2) is 4.98 Å². The third-order valence-corrected chi connectivity index (χ3v) is 3.36. The zero-order valence-electron chi connectivity index (χ0n) is 11.0. The number of benzene rings is 1. The number of hydrogen-bond acceptors (Lipinski definition) is 4. The topological polar surface area (TPSA) is 85.1 Å². The first-order valence-electron chi connectivity index (χ1n) is 6.00. The summed E-state index contributed by atoms with van der Waals surface area (Å²) in [5, 5.41) is 13.4. The Bertz CT molecular complexity index is 747. The van der Waals surface area contributed by atoms with Crippen LogP contribution in [-0.4, -0.2) is 15.8 Å². The molecule has 0 bridgehead atoms. The average molecular weight is 383 g/mol. The number of nitro groups is 1. The molecule has 1 amide bonds. The minimum atomic E-state index is -0.578. The van der Waals surface area contributed by atoms with Gasteiger partial charge in [0, 0.05) is 22.8 Å². The summed E-state index contributed by atoms with van der Waals surface area (Å²) in [5.74, 6) is 0.00682. The molecule has 1 aromatic carbocycles. The number of rotatable bonds is 4. The van der Waals surface area contributed by atoms with Crippen LogP contribution in [0.15, 0.2) is 47.1 Å². The van der Waals surface area contributed by atoms with E-state index in [1.165, 1.54) is 24.3 Å². The smallest absolute Gasteiger partial charge is 0.288 e. The minimum absolute atomic E-state index is 0.0469. The van der Waals surface area contributed by atoms with E-state index in [-0.39, 0.29) is 10.7 Å². The molecule has 0 atom stereocenters. The van der Waals surface area contributed by atoms with Gasteiger partial charge in [-0.05, 0) is 45.8 Å². The lowest BCUT2D eigenvalue weighted by Gasteiger charge is -2.01. The van der Waals surface area contributed by atoms with E-state index in [4.69, 9.17) is 11.6 Å². The summed E-state index contributed by atoms with van der Waals surface area (Å²) in [6.45, 7) is 0. The third kappa shape index (κ3) is 4.37. The summed E-state index contributed by atoms with van der Waals surface area (Å²) in [6, 6.07) is 7.67. The number of hydrogen-bond donors (Lipinski definition) is 1. The van der Waals surface area contributed by atoms with Gasteiger partial charge in [0.25, 0.3) is 5.69 Å². The average Bonchev–Trinajstić information content (AvgIpc) is 2.48. The molecule has 1 aromatic heterocycles. The number of pyridine rings is 1. The van der Waals surface area contributed by atoms with E-state index in [9.17, 15) is 14.9 Å². The van der Waals surface area contributed by atoms with Crippen molar-refractivity contribution in [2.24, 2.45) is 0 Å². The van der Waals surface area contributed by atoms with Crippen molar-refractivity contribution in [3.05, 3.63) is 67.8 Å². The van der Waals surface area contributed by atoms with Gasteiger partial charge in [0.1, 0.15) is 10.8 Å². The van der Waals surface area contributed by atoms with Gasteiger partial charge >= 0.3 is 0 Å². The second-order valence-electron chi connectivity index (χ2n) is 4.15. The maximum Gasteiger partial charge on any atom is 0.288 e. The summed E-state index contributed by atoms with van der Waals surface area (Å²) >= 11 is 8.96. The Kier molecular flexibility index (Phi) is 5.24. The van der Waals surface area contributed by atoms with E-state index >= 15 is 0 Å². The van der Waals surface area contributed by atoms with E-state index in [0.717, 1.165) is 4.47 Å². The molecule has 0 aliphatic carbocycles. The molecule has 2 rings (SSSR count). The van der Waals surface area contributed by atoms with E-state index in [1.807, 2.05) is 0 Å². The third-order valence-electron chi connectivity index (χ3n) is 2.57. The molecular weight excluding hydrogens is 374 g/mol. The standard InChI is InChI=1S/C14H9BrClN3O3/c15-10-3-5-13(17-8-10)18-14(20)6-2-9-1-4-11(16)12(7-9)19(21)22/h1-8H,(H,17,18,20). The maximum absolute atomic E-state index is 11.7. The zero-order chi connectivity index (χ0) is 16.1. The molecule has 0 aliphatic heterocycles. The second kappa shape index (κ2) is 7.15. The van der Waals surface area contributed by atoms with Gasteiger partial charge in [-0.15, -0.1) is 0 Å². The molecule has 0 unspecified atom stereocenters. The van der Waals surface area contributed by atoms with Crippen molar-refractivity contribution in [3.8, 4) is 0 Å². The van der Waals surface area contributed by atoms with Gasteiger partial charge in [0.05, 0.1) is 4.92 Å². The Hall–Kier alpha value is -2.25. The second-order valence-corrected chi connectivity index (χ2v) is 5.48. The Labute approximate surface area is 139 Å². The van der Waals surface area contributed by atoms with Crippen LogP contribution in [0.4, 0.5) is 11.5 Å². The fourth-order valence-corrected chi connectivity index (χ4v) is 1.98. The van der Waals surface area contributed by atoms with Crippen LogP contribution in [0.2, 0.25) is 5.02 Å². The molecule has 6 nitrogen and oxygen atoms in total. The number of nitro benzene ring substituents is 1. The van der Waals surface area contributed by atoms with Gasteiger partial charge in [0.15, 0.2) is 0 Å². The number of aromatic nitrogens is 1. The number of amides is 1. The van der Waals surface area contributed by atoms with Crippen molar-refractivity contribution in [1.29, 1.82) is 0 Å². The van der Waals surface area contributed by atoms with Crippen LogP contribution < -0.4 is 5.32 Å². The molecule has 2 aromatic rings. The Morgan fingerprint density at radius 1 is 1.36 bits per heavy atom. The normalized spacial score (nSPS) is 10.6. The predicted molar refractivity (Wildman–Crippen MR) is 87.7 cm³/mol. The number of nitrogens with zero attached hydrogens (tertiary/aromatic N) is 2. The van der Waals surface area contributed by atoms with Gasteiger partial charge in [-0.2, -0.15) is 0 Å². The largest absolute Gasteiger partial charge is 0.307 e. The van der Waals surface area contributed by atoms with Crippen LogP contribution >= 0.6 is 27.5 Å². The Morgan fingerprint density at radius 2 is 2.14 bits per heavy atom. The predicted octanol–water partition coefficient (Wildman–Crippen LogP) is 4.06. The fraction of sp³-hybridized carbons (Fsp3) is 0. The van der Waals surface area contributed by atoms with Gasteiger partial charge in [-0.3, -0.25) is 14.9 Å². The number of anilines is 1. The van der Waals surface area contributed by atoms with E-state index < -0.39 is 10.8 Å². The highest BCUT2D eigenvalue weighted by molar-refractivity contribution is 9.10. The summed E-state index contributed by atoms with van der Waals surface area (Å²) in [4.78, 5) is 26.0. The van der Waals surface area contributed by atoms with Crippen LogP contribution in [-0.2, 0) is 4.79 Å². The molecule has 0 saturated carbocycles. The zero-order valence-corrected chi connectivity index (χ0v) is 13.3. The summed E-state index contributed by atoms with van der Waals surface area (Å²) in [5.41, 5.74) is 0.286. The maximum atomic E-state index is 11.7. The lowest BCUT2D eigenvalue weighted by molar-refractivity contribution is -0.384. The molecule has 0 radical (unpaired) electrons. The molecule has 0 saturated heterocycles. The molecule has 1 N–H and O–H groups in total. The molecule has 112 valence electrons. The molecule has 1 heterocycles. The molecule has 0 aliphatic rings. The first kappa shape index (κ1) is 16.1. The van der Waals surface area contributed by atoms with Crippen molar-refractivity contribution < 1.29 is 9.72 Å². The number of halogens is 2. The van der Waals surface area contributed by atoms with Crippen molar-refractivity contribution in [1.82, 2.24) is 4.98 Å². The van der Waals surface area contributed by atoms with Crippen LogP contribution in [0.25, 0.3) is 6.08 Å². The van der Waals surface area contributed by atoms with Crippen molar-refractivity contribution in [3.63, 3.8) is 0 Å². The number of nitrogens with one attached hydrogen (secondary N) is 1. The molecule has 0 fully saturated rings. The summed E-state index contributed by atoms with van der Waals surface area (Å²) < 4.78 is 0.800. The molecule has 8 heteroatoms. The van der Waals surface area contributed by atoms with Crippen LogP contribution in [0.1, 0.15) is 5.56 Å². The van der Waals surface area contributed by atoms with Crippen LogP contribution in [0.3, 0.4) is 0 Å². The number of carbonyl (C=O) groups is 1. The number of carbonyl (C=O) groups excluding carboxylic acids is 1. The highest BCUT2D eigenvalue weighted by Crippen LogP contribution is 2.25. The molecule has 0 spiro atoms. The minimum Gasteiger partial charge on any atom is -0.307 e. The van der Waals surface area contributed by atoms with E-state index in [1.54, 1.807) is 24.4 Å². The van der Waals surface area contributed by atoms with E-state index in [2.05, 4.69) is 26.2 Å². The van der Waals surface area contributed by atoms with Crippen LogP contribution in [0.5, 0.6) is 0 Å². The molecule has 22 heavy (non-hydrogen) atoms. The van der Waals surface area contributed by atoms with E-state index in [0.29, 0.717) is 11.4 Å². The highest BCUT2D eigenvalue weighted by atomic mass is 79.9. The SMILES string of the molecule is O=C(C=Cc1ccc(Cl)c([N+](=O)[O-])c1)Nc1ccc(Br)cn1. The van der Waals surface area contributed by atoms with Crippen molar-refractivity contribution in [2.75, 3.05) is 5.32 Å². The van der Waals surface area contributed by atoms with Crippen LogP contribution in [0, 0.1) is 10.1 Å². The first-order chi connectivity index (χ1) is 10.5. The lowest BCUT2D eigenvalue weighted by atomic mass is 10.2. The molecular formula is C14H9BrClN3O3. The van der Waals surface area contributed by atoms with Gasteiger partial charge in [-0.1, -0.05) is 17.7 Å². The van der Waals surface area contributed by atoms with Gasteiger partial charge < -0.3 is 5.32 Å². The fourth-order valence-electron chi connectivity index (χ4n) is 1.56. The lowest BCUT2D eigenvalue weighted by Crippen LogP contribution is -2.08. The quantitative estimate of drug-likeness (QED) is 0.491. The summed E-state index contributed by atoms with van der Waals surface area (Å²) in [6.07, 6.45) is 4.27. The van der Waals surface area contributed by atoms with Crippen molar-refractivity contribution in [2.45, 2.75) is 0 Å². The Morgan fingerprint density at radius 3 is 2.77 bits per heavy atom. The monoisotopic (exact) mass is 381 g/mol. The summed E-state index contributed by atoms with van der Waals surface area (Å²) in [7, 11) is 0. The first-order valence-corrected chi connectivity index (χ1v) is 7.17. The highest BCUT2D eigenvalue weighted by Gasteiger charge is 2.11. The Balaban J connectivity index is 2.08.